The van der Waals surface area contributed by atoms with Gasteiger partial charge in [0.05, 0.1) is 0 Å². The third kappa shape index (κ3) is 1.71. The monoisotopic (exact) mass is 244 g/mol. The maximum atomic E-state index is 12.0. The Balaban J connectivity index is 3.27. The van der Waals surface area contributed by atoms with E-state index in [9.17, 15) is 14.4 Å². The first-order chi connectivity index (χ1) is 7.99. The van der Waals surface area contributed by atoms with Crippen molar-refractivity contribution in [2.24, 2.45) is 5.41 Å². The average molecular weight is 244 g/mol. The molecule has 96 valence electrons. The smallest absolute Gasteiger partial charge is 0.337 e. The fourth-order valence-electron chi connectivity index (χ4n) is 2.03. The summed E-state index contributed by atoms with van der Waals surface area (Å²) in [5.74, 6) is -1.41. The van der Waals surface area contributed by atoms with Gasteiger partial charge < -0.3 is 10.2 Å². The summed E-state index contributed by atoms with van der Waals surface area (Å²) in [7, 11) is 0. The van der Waals surface area contributed by atoms with Gasteiger partial charge in [-0.25, -0.2) is 14.6 Å². The Morgan fingerprint density at radius 3 is 1.53 bits per heavy atom. The zero-order valence-corrected chi connectivity index (χ0v) is 9.84. The zero-order chi connectivity index (χ0) is 13.2. The lowest BCUT2D eigenvalue weighted by molar-refractivity contribution is -0.164. The summed E-state index contributed by atoms with van der Waals surface area (Å²) in [6.07, 6.45) is 0.420. The van der Waals surface area contributed by atoms with E-state index in [-0.39, 0.29) is 12.8 Å². The lowest BCUT2D eigenvalue weighted by Crippen LogP contribution is -2.65. The molecule has 1 heterocycles. The van der Waals surface area contributed by atoms with Crippen LogP contribution in [0.2, 0.25) is 0 Å². The third-order valence-electron chi connectivity index (χ3n) is 3.26. The van der Waals surface area contributed by atoms with E-state index in [1.54, 1.807) is 13.8 Å². The highest BCUT2D eigenvalue weighted by molar-refractivity contribution is 6.18. The number of aliphatic hydroxyl groups excluding tert-OH is 2. The van der Waals surface area contributed by atoms with Gasteiger partial charge in [-0.2, -0.15) is 0 Å². The maximum absolute atomic E-state index is 12.0. The minimum atomic E-state index is -1.36. The van der Waals surface area contributed by atoms with Gasteiger partial charge in [0.1, 0.15) is 18.9 Å². The first-order valence-electron chi connectivity index (χ1n) is 5.39. The number of rotatable bonds is 4. The fourth-order valence-corrected chi connectivity index (χ4v) is 2.03. The van der Waals surface area contributed by atoms with Gasteiger partial charge >= 0.3 is 6.03 Å². The Morgan fingerprint density at radius 2 is 1.29 bits per heavy atom. The Labute approximate surface area is 98.6 Å². The van der Waals surface area contributed by atoms with Gasteiger partial charge in [0.2, 0.25) is 11.8 Å². The number of barbiturate groups is 1. The van der Waals surface area contributed by atoms with Crippen LogP contribution in [0.4, 0.5) is 4.79 Å². The van der Waals surface area contributed by atoms with Gasteiger partial charge in [0.25, 0.3) is 0 Å². The molecule has 17 heavy (non-hydrogen) atoms. The van der Waals surface area contributed by atoms with Crippen molar-refractivity contribution in [2.75, 3.05) is 13.5 Å². The number of hydrogen-bond donors (Lipinski definition) is 2. The van der Waals surface area contributed by atoms with E-state index in [0.29, 0.717) is 9.80 Å². The summed E-state index contributed by atoms with van der Waals surface area (Å²) in [4.78, 5) is 36.8. The van der Waals surface area contributed by atoms with Crippen LogP contribution in [0.3, 0.4) is 0 Å². The van der Waals surface area contributed by atoms with E-state index in [0.717, 1.165) is 0 Å². The normalized spacial score (nSPS) is 20.1. The van der Waals surface area contributed by atoms with Crippen molar-refractivity contribution < 1.29 is 24.6 Å². The molecule has 1 saturated heterocycles. The molecule has 0 spiro atoms. The molecule has 0 unspecified atom stereocenters. The molecule has 7 heteroatoms. The second-order valence-corrected chi connectivity index (χ2v) is 3.82. The van der Waals surface area contributed by atoms with Crippen molar-refractivity contribution >= 4 is 17.8 Å². The van der Waals surface area contributed by atoms with Crippen LogP contribution < -0.4 is 0 Å². The number of amides is 4. The molecule has 1 aliphatic rings. The predicted molar refractivity (Wildman–Crippen MR) is 56.3 cm³/mol. The lowest BCUT2D eigenvalue weighted by Gasteiger charge is -2.41. The van der Waals surface area contributed by atoms with E-state index in [1.165, 1.54) is 0 Å². The Kier molecular flexibility index (Phi) is 3.84. The van der Waals surface area contributed by atoms with Crippen molar-refractivity contribution in [2.45, 2.75) is 26.7 Å². The number of aliphatic hydroxyl groups is 2. The van der Waals surface area contributed by atoms with Crippen LogP contribution in [0.25, 0.3) is 0 Å². The van der Waals surface area contributed by atoms with Crippen molar-refractivity contribution in [3.8, 4) is 0 Å². The number of carbonyl (C=O) groups is 3. The SMILES string of the molecule is CCC1(CC)C(=O)N(CO)C(=O)N(CO)C1=O. The van der Waals surface area contributed by atoms with E-state index in [4.69, 9.17) is 10.2 Å². The summed E-state index contributed by atoms with van der Waals surface area (Å²) >= 11 is 0. The molecule has 1 aliphatic heterocycles. The Morgan fingerprint density at radius 1 is 0.941 bits per heavy atom. The van der Waals surface area contributed by atoms with Crippen LogP contribution >= 0.6 is 0 Å². The van der Waals surface area contributed by atoms with Crippen molar-refractivity contribution in [1.82, 2.24) is 9.80 Å². The van der Waals surface area contributed by atoms with E-state index in [1.807, 2.05) is 0 Å². The van der Waals surface area contributed by atoms with Crippen molar-refractivity contribution in [1.29, 1.82) is 0 Å². The first-order valence-corrected chi connectivity index (χ1v) is 5.39. The second-order valence-electron chi connectivity index (χ2n) is 3.82. The minimum Gasteiger partial charge on any atom is -0.376 e. The summed E-state index contributed by atoms with van der Waals surface area (Å²) in [5, 5.41) is 18.0. The highest BCUT2D eigenvalue weighted by Crippen LogP contribution is 2.35. The second kappa shape index (κ2) is 4.80. The standard InChI is InChI=1S/C10H16N2O5/c1-3-10(4-2)7(15)11(5-13)9(17)12(6-14)8(10)16/h13-14H,3-6H2,1-2H3. The van der Waals surface area contributed by atoms with Gasteiger partial charge in [0, 0.05) is 0 Å². The van der Waals surface area contributed by atoms with E-state index in [2.05, 4.69) is 0 Å². The van der Waals surface area contributed by atoms with Crippen LogP contribution in [-0.2, 0) is 9.59 Å². The molecule has 0 bridgehead atoms. The van der Waals surface area contributed by atoms with Gasteiger partial charge in [0.15, 0.2) is 0 Å². The highest BCUT2D eigenvalue weighted by atomic mass is 16.3. The number of hydrogen-bond acceptors (Lipinski definition) is 5. The third-order valence-corrected chi connectivity index (χ3v) is 3.26. The number of imide groups is 2. The zero-order valence-electron chi connectivity index (χ0n) is 9.84. The average Bonchev–Trinajstić information content (AvgIpc) is 2.32. The molecule has 0 saturated carbocycles. The molecule has 4 amide bonds. The van der Waals surface area contributed by atoms with Crippen LogP contribution in [0, 0.1) is 5.41 Å². The van der Waals surface area contributed by atoms with Crippen molar-refractivity contribution in [3.05, 3.63) is 0 Å². The van der Waals surface area contributed by atoms with Gasteiger partial charge in [-0.1, -0.05) is 13.8 Å². The quantitative estimate of drug-likeness (QED) is 0.648. The van der Waals surface area contributed by atoms with Gasteiger partial charge in [-0.3, -0.25) is 9.59 Å². The molecule has 2 N–H and O–H groups in total. The fraction of sp³-hybridized carbons (Fsp3) is 0.700. The molecular formula is C10H16N2O5. The van der Waals surface area contributed by atoms with Crippen LogP contribution in [0.15, 0.2) is 0 Å². The van der Waals surface area contributed by atoms with Crippen LogP contribution in [0.5, 0.6) is 0 Å². The predicted octanol–water partition coefficient (Wildman–Crippen LogP) is -0.517. The number of urea groups is 1. The Hall–Kier alpha value is -1.47. The molecule has 0 atom stereocenters. The molecule has 1 rings (SSSR count). The highest BCUT2D eigenvalue weighted by Gasteiger charge is 2.54. The minimum absolute atomic E-state index is 0.210. The number of carbonyl (C=O) groups excluding carboxylic acids is 3. The molecule has 0 aromatic carbocycles. The molecule has 1 fully saturated rings. The van der Waals surface area contributed by atoms with Gasteiger partial charge in [-0.05, 0) is 12.8 Å². The Bertz CT molecular complexity index is 323. The molecule has 0 aromatic rings. The summed E-state index contributed by atoms with van der Waals surface area (Å²) in [6.45, 7) is 1.70. The molecule has 0 aromatic heterocycles. The first kappa shape index (κ1) is 13.6. The summed E-state index contributed by atoms with van der Waals surface area (Å²) in [6, 6.07) is -0.984. The van der Waals surface area contributed by atoms with E-state index < -0.39 is 36.7 Å². The summed E-state index contributed by atoms with van der Waals surface area (Å²) < 4.78 is 0. The lowest BCUT2D eigenvalue weighted by atomic mass is 9.78. The topological polar surface area (TPSA) is 98.2 Å². The van der Waals surface area contributed by atoms with Crippen molar-refractivity contribution in [3.63, 3.8) is 0 Å². The largest absolute Gasteiger partial charge is 0.376 e. The van der Waals surface area contributed by atoms with Crippen LogP contribution in [-0.4, -0.2) is 51.3 Å². The molecule has 0 aliphatic carbocycles. The van der Waals surface area contributed by atoms with Gasteiger partial charge in [-0.15, -0.1) is 0 Å². The van der Waals surface area contributed by atoms with Crippen LogP contribution in [0.1, 0.15) is 26.7 Å². The summed E-state index contributed by atoms with van der Waals surface area (Å²) in [5.41, 5.74) is -1.36. The van der Waals surface area contributed by atoms with E-state index >= 15 is 0 Å². The molecule has 7 nitrogen and oxygen atoms in total. The number of nitrogens with zero attached hydrogens (tertiary/aromatic N) is 2. The maximum Gasteiger partial charge on any atom is 0.337 e. The molecular weight excluding hydrogens is 228 g/mol. The molecule has 0 radical (unpaired) electrons.